The van der Waals surface area contributed by atoms with Crippen molar-refractivity contribution in [3.63, 3.8) is 0 Å². The first-order chi connectivity index (χ1) is 7.83. The van der Waals surface area contributed by atoms with Gasteiger partial charge in [0, 0.05) is 0 Å². The zero-order chi connectivity index (χ0) is 11.6. The number of amides is 1. The zero-order valence-electron chi connectivity index (χ0n) is 9.61. The van der Waals surface area contributed by atoms with Gasteiger partial charge >= 0.3 is 6.09 Å². The van der Waals surface area contributed by atoms with Crippen molar-refractivity contribution in [1.29, 1.82) is 0 Å². The Bertz CT molecular complexity index is 298. The van der Waals surface area contributed by atoms with Crippen LogP contribution in [0.25, 0.3) is 0 Å². The van der Waals surface area contributed by atoms with Crippen LogP contribution in [0.5, 0.6) is 0 Å². The zero-order valence-corrected chi connectivity index (χ0v) is 9.61. The molecule has 0 saturated carbocycles. The van der Waals surface area contributed by atoms with Gasteiger partial charge in [-0.05, 0) is 12.0 Å². The number of ether oxygens (including phenoxy) is 1. The summed E-state index contributed by atoms with van der Waals surface area (Å²) >= 11 is 0. The van der Waals surface area contributed by atoms with E-state index in [1.807, 2.05) is 30.3 Å². The van der Waals surface area contributed by atoms with Gasteiger partial charge in [0.15, 0.2) is 0 Å². The Morgan fingerprint density at radius 2 is 2.12 bits per heavy atom. The molecule has 0 bridgehead atoms. The molecule has 1 radical (unpaired) electrons. The summed E-state index contributed by atoms with van der Waals surface area (Å²) in [4.78, 5) is 11.2. The second kappa shape index (κ2) is 7.74. The van der Waals surface area contributed by atoms with Crippen LogP contribution in [0.15, 0.2) is 30.3 Å². The number of rotatable bonds is 6. The van der Waals surface area contributed by atoms with Crippen LogP contribution in [-0.2, 0) is 11.3 Å². The van der Waals surface area contributed by atoms with E-state index in [0.717, 1.165) is 24.8 Å². The van der Waals surface area contributed by atoms with Gasteiger partial charge < -0.3 is 10.1 Å². The van der Waals surface area contributed by atoms with E-state index in [1.54, 1.807) is 6.54 Å². The van der Waals surface area contributed by atoms with Crippen molar-refractivity contribution in [2.75, 3.05) is 0 Å². The highest BCUT2D eigenvalue weighted by Gasteiger charge is 2.01. The van der Waals surface area contributed by atoms with Crippen molar-refractivity contribution in [2.24, 2.45) is 0 Å². The second-order valence-electron chi connectivity index (χ2n) is 3.55. The van der Waals surface area contributed by atoms with Crippen LogP contribution in [-0.4, -0.2) is 6.09 Å². The molecule has 0 atom stereocenters. The van der Waals surface area contributed by atoms with Gasteiger partial charge in [-0.1, -0.05) is 50.1 Å². The first-order valence-corrected chi connectivity index (χ1v) is 5.62. The number of nitrogens with one attached hydrogen (secondary N) is 1. The summed E-state index contributed by atoms with van der Waals surface area (Å²) < 4.78 is 5.03. The molecule has 1 amide bonds. The lowest BCUT2D eigenvalue weighted by atomic mass is 10.2. The molecule has 16 heavy (non-hydrogen) atoms. The minimum Gasteiger partial charge on any atom is -0.445 e. The maximum absolute atomic E-state index is 11.2. The maximum Gasteiger partial charge on any atom is 0.407 e. The normalized spacial score (nSPS) is 9.81. The third kappa shape index (κ3) is 5.39. The Balaban J connectivity index is 2.11. The molecule has 0 aliphatic heterocycles. The highest BCUT2D eigenvalue weighted by Crippen LogP contribution is 2.01. The smallest absolute Gasteiger partial charge is 0.407 e. The van der Waals surface area contributed by atoms with Crippen LogP contribution >= 0.6 is 0 Å². The predicted molar refractivity (Wildman–Crippen MR) is 63.6 cm³/mol. The number of alkyl carbamates (subject to hydrolysis) is 1. The molecule has 0 aliphatic carbocycles. The third-order valence-electron chi connectivity index (χ3n) is 2.13. The maximum atomic E-state index is 11.2. The van der Waals surface area contributed by atoms with E-state index in [2.05, 4.69) is 12.2 Å². The van der Waals surface area contributed by atoms with Crippen LogP contribution in [0.1, 0.15) is 31.7 Å². The molecule has 0 aliphatic rings. The summed E-state index contributed by atoms with van der Waals surface area (Å²) in [6.45, 7) is 4.17. The SMILES string of the molecule is CCCC[CH]NC(=O)OCc1ccccc1. The number of unbranched alkanes of at least 4 members (excludes halogenated alkanes) is 2. The van der Waals surface area contributed by atoms with Crippen molar-refractivity contribution < 1.29 is 9.53 Å². The van der Waals surface area contributed by atoms with Gasteiger partial charge in [-0.15, -0.1) is 0 Å². The molecular weight excluding hydrogens is 202 g/mol. The van der Waals surface area contributed by atoms with Gasteiger partial charge in [0.1, 0.15) is 6.61 Å². The molecule has 0 fully saturated rings. The summed E-state index contributed by atoms with van der Waals surface area (Å²) in [5.74, 6) is 0. The molecule has 87 valence electrons. The van der Waals surface area contributed by atoms with Gasteiger partial charge in [0.05, 0.1) is 6.54 Å². The molecular formula is C13H18NO2. The van der Waals surface area contributed by atoms with Gasteiger partial charge in [0.25, 0.3) is 0 Å². The van der Waals surface area contributed by atoms with Crippen LogP contribution in [0.4, 0.5) is 4.79 Å². The average Bonchev–Trinajstić information content (AvgIpc) is 2.33. The van der Waals surface area contributed by atoms with E-state index in [4.69, 9.17) is 4.74 Å². The van der Waals surface area contributed by atoms with Crippen molar-refractivity contribution in [3.8, 4) is 0 Å². The van der Waals surface area contributed by atoms with Crippen molar-refractivity contribution in [3.05, 3.63) is 42.4 Å². The Kier molecular flexibility index (Phi) is 6.07. The van der Waals surface area contributed by atoms with Crippen molar-refractivity contribution in [1.82, 2.24) is 5.32 Å². The largest absolute Gasteiger partial charge is 0.445 e. The fraction of sp³-hybridized carbons (Fsp3) is 0.385. The molecule has 1 aromatic carbocycles. The van der Waals surface area contributed by atoms with Crippen LogP contribution < -0.4 is 5.32 Å². The molecule has 0 saturated heterocycles. The second-order valence-corrected chi connectivity index (χ2v) is 3.55. The average molecular weight is 220 g/mol. The minimum absolute atomic E-state index is 0.314. The molecule has 3 nitrogen and oxygen atoms in total. The molecule has 3 heteroatoms. The number of benzene rings is 1. The monoisotopic (exact) mass is 220 g/mol. The molecule has 0 unspecified atom stereocenters. The van der Waals surface area contributed by atoms with Gasteiger partial charge in [-0.3, -0.25) is 0 Å². The highest BCUT2D eigenvalue weighted by molar-refractivity contribution is 5.67. The molecule has 0 heterocycles. The fourth-order valence-corrected chi connectivity index (χ4v) is 1.23. The predicted octanol–water partition coefficient (Wildman–Crippen LogP) is 3.26. The first-order valence-electron chi connectivity index (χ1n) is 5.62. The summed E-state index contributed by atoms with van der Waals surface area (Å²) in [6, 6.07) is 9.62. The van der Waals surface area contributed by atoms with Crippen molar-refractivity contribution in [2.45, 2.75) is 32.8 Å². The Hall–Kier alpha value is -1.51. The summed E-state index contributed by atoms with van der Waals surface area (Å²) in [5.41, 5.74) is 0.992. The van der Waals surface area contributed by atoms with E-state index in [-0.39, 0.29) is 6.09 Å². The topological polar surface area (TPSA) is 38.3 Å². The van der Waals surface area contributed by atoms with Gasteiger partial charge in [-0.2, -0.15) is 0 Å². The Morgan fingerprint density at radius 1 is 1.38 bits per heavy atom. The van der Waals surface area contributed by atoms with E-state index in [1.165, 1.54) is 0 Å². The summed E-state index contributed by atoms with van der Waals surface area (Å²) in [7, 11) is 0. The minimum atomic E-state index is -0.389. The quantitative estimate of drug-likeness (QED) is 0.747. The van der Waals surface area contributed by atoms with E-state index < -0.39 is 0 Å². The molecule has 0 aromatic heterocycles. The molecule has 1 N–H and O–H groups in total. The number of carbonyl (C=O) groups is 1. The van der Waals surface area contributed by atoms with Crippen LogP contribution in [0, 0.1) is 6.54 Å². The van der Waals surface area contributed by atoms with Gasteiger partial charge in [0.2, 0.25) is 0 Å². The van der Waals surface area contributed by atoms with Crippen LogP contribution in [0.3, 0.4) is 0 Å². The molecule has 1 rings (SSSR count). The van der Waals surface area contributed by atoms with Crippen molar-refractivity contribution >= 4 is 6.09 Å². The Labute approximate surface area is 96.8 Å². The standard InChI is InChI=1S/C13H18NO2/c1-2-3-7-10-14-13(15)16-11-12-8-5-4-6-9-12/h4-6,8-10H,2-3,7,11H2,1H3,(H,14,15). The van der Waals surface area contributed by atoms with Gasteiger partial charge in [-0.25, -0.2) is 4.79 Å². The number of carbonyl (C=O) groups excluding carboxylic acids is 1. The summed E-state index contributed by atoms with van der Waals surface area (Å²) in [6.07, 6.45) is 2.70. The van der Waals surface area contributed by atoms with E-state index in [0.29, 0.717) is 6.61 Å². The summed E-state index contributed by atoms with van der Waals surface area (Å²) in [5, 5.41) is 2.60. The lowest BCUT2D eigenvalue weighted by Crippen LogP contribution is -2.21. The number of hydrogen-bond acceptors (Lipinski definition) is 2. The lowest BCUT2D eigenvalue weighted by molar-refractivity contribution is 0.142. The number of hydrogen-bond donors (Lipinski definition) is 1. The first kappa shape index (κ1) is 12.6. The van der Waals surface area contributed by atoms with Crippen LogP contribution in [0.2, 0.25) is 0 Å². The van der Waals surface area contributed by atoms with E-state index >= 15 is 0 Å². The lowest BCUT2D eigenvalue weighted by Gasteiger charge is -2.06. The molecule has 0 spiro atoms. The Morgan fingerprint density at radius 3 is 2.81 bits per heavy atom. The highest BCUT2D eigenvalue weighted by atomic mass is 16.5. The van der Waals surface area contributed by atoms with E-state index in [9.17, 15) is 4.79 Å². The third-order valence-corrected chi connectivity index (χ3v) is 2.13. The fourth-order valence-electron chi connectivity index (χ4n) is 1.23. The molecule has 1 aromatic rings.